The lowest BCUT2D eigenvalue weighted by Gasteiger charge is -2.05. The summed E-state index contributed by atoms with van der Waals surface area (Å²) in [6.45, 7) is 4.94. The van der Waals surface area contributed by atoms with Gasteiger partial charge in [0.2, 0.25) is 5.16 Å². The number of aromatic nitrogens is 6. The minimum Gasteiger partial charge on any atom is -0.460 e. The Bertz CT molecular complexity index is 583. The molecule has 0 spiro atoms. The highest BCUT2D eigenvalue weighted by Gasteiger charge is 2.09. The monoisotopic (exact) mass is 308 g/mol. The number of thioether (sulfide) groups is 1. The van der Waals surface area contributed by atoms with Gasteiger partial charge in [-0.3, -0.25) is 0 Å². The van der Waals surface area contributed by atoms with Crippen molar-refractivity contribution < 1.29 is 9.47 Å². The molecule has 0 amide bonds. The van der Waals surface area contributed by atoms with Gasteiger partial charge in [0, 0.05) is 12.4 Å². The molecule has 0 saturated heterocycles. The Labute approximate surface area is 126 Å². The van der Waals surface area contributed by atoms with Crippen molar-refractivity contribution in [3.05, 3.63) is 12.4 Å². The van der Waals surface area contributed by atoms with Crippen molar-refractivity contribution in [3.8, 4) is 17.4 Å². The SMILES string of the molecule is COCCOc1nncc(-c2cnnc(SC(C)C)n2)n1. The second-order valence-corrected chi connectivity index (χ2v) is 5.80. The number of nitrogens with zero attached hydrogens (tertiary/aromatic N) is 6. The summed E-state index contributed by atoms with van der Waals surface area (Å²) >= 11 is 1.53. The summed E-state index contributed by atoms with van der Waals surface area (Å²) < 4.78 is 10.2. The lowest BCUT2D eigenvalue weighted by Crippen LogP contribution is -2.08. The minimum atomic E-state index is 0.182. The molecule has 0 atom stereocenters. The summed E-state index contributed by atoms with van der Waals surface area (Å²) in [5.41, 5.74) is 1.12. The van der Waals surface area contributed by atoms with Gasteiger partial charge in [-0.1, -0.05) is 30.7 Å². The second-order valence-electron chi connectivity index (χ2n) is 4.26. The number of rotatable bonds is 7. The van der Waals surface area contributed by atoms with Gasteiger partial charge in [0.25, 0.3) is 0 Å². The van der Waals surface area contributed by atoms with Gasteiger partial charge >= 0.3 is 6.01 Å². The number of hydrogen-bond acceptors (Lipinski definition) is 9. The van der Waals surface area contributed by atoms with Crippen LogP contribution in [-0.2, 0) is 4.74 Å². The van der Waals surface area contributed by atoms with E-state index in [4.69, 9.17) is 9.47 Å². The van der Waals surface area contributed by atoms with Gasteiger partial charge in [-0.05, 0) is 0 Å². The van der Waals surface area contributed by atoms with Gasteiger partial charge in [-0.2, -0.15) is 15.2 Å². The second kappa shape index (κ2) is 7.79. The number of hydrogen-bond donors (Lipinski definition) is 0. The summed E-state index contributed by atoms with van der Waals surface area (Å²) in [5, 5.41) is 16.5. The van der Waals surface area contributed by atoms with Crippen LogP contribution in [-0.4, -0.2) is 55.9 Å². The number of methoxy groups -OCH3 is 1. The van der Waals surface area contributed by atoms with Crippen LogP contribution in [0.15, 0.2) is 17.6 Å². The van der Waals surface area contributed by atoms with E-state index in [2.05, 4.69) is 44.2 Å². The van der Waals surface area contributed by atoms with Gasteiger partial charge in [0.1, 0.15) is 18.0 Å². The highest BCUT2D eigenvalue weighted by atomic mass is 32.2. The third-order valence-electron chi connectivity index (χ3n) is 2.20. The topological polar surface area (TPSA) is 95.8 Å². The third kappa shape index (κ3) is 4.87. The Kier molecular flexibility index (Phi) is 5.76. The van der Waals surface area contributed by atoms with Crippen molar-refractivity contribution >= 4 is 11.8 Å². The highest BCUT2D eigenvalue weighted by Crippen LogP contribution is 2.20. The maximum absolute atomic E-state index is 5.32. The smallest absolute Gasteiger partial charge is 0.336 e. The Morgan fingerprint density at radius 2 is 1.76 bits per heavy atom. The Morgan fingerprint density at radius 1 is 1.05 bits per heavy atom. The van der Waals surface area contributed by atoms with Crippen molar-refractivity contribution in [3.63, 3.8) is 0 Å². The van der Waals surface area contributed by atoms with E-state index < -0.39 is 0 Å². The Morgan fingerprint density at radius 3 is 2.48 bits per heavy atom. The van der Waals surface area contributed by atoms with Crippen molar-refractivity contribution in [2.45, 2.75) is 24.3 Å². The average molecular weight is 308 g/mol. The summed E-state index contributed by atoms with van der Waals surface area (Å²) in [5.74, 6) is 0. The fourth-order valence-electron chi connectivity index (χ4n) is 1.36. The molecule has 0 aliphatic heterocycles. The minimum absolute atomic E-state index is 0.182. The van der Waals surface area contributed by atoms with Crippen LogP contribution in [0.4, 0.5) is 0 Å². The maximum Gasteiger partial charge on any atom is 0.336 e. The lowest BCUT2D eigenvalue weighted by molar-refractivity contribution is 0.140. The predicted octanol–water partition coefficient (Wildman–Crippen LogP) is 1.25. The standard InChI is InChI=1S/C12H16N6O2S/c1-8(2)21-12-16-10(7-14-18-12)9-6-13-17-11(15-9)20-5-4-19-3/h6-8H,4-5H2,1-3H3. The molecule has 2 aromatic heterocycles. The van der Waals surface area contributed by atoms with Crippen LogP contribution in [0.3, 0.4) is 0 Å². The van der Waals surface area contributed by atoms with Crippen LogP contribution in [0.1, 0.15) is 13.8 Å². The molecular formula is C12H16N6O2S. The summed E-state index contributed by atoms with van der Waals surface area (Å²) in [6, 6.07) is 0.182. The fourth-order valence-corrected chi connectivity index (χ4v) is 2.03. The third-order valence-corrected chi connectivity index (χ3v) is 3.06. The van der Waals surface area contributed by atoms with Gasteiger partial charge in [0.15, 0.2) is 0 Å². The Hall–Kier alpha value is -1.87. The van der Waals surface area contributed by atoms with E-state index in [-0.39, 0.29) is 6.01 Å². The molecule has 0 radical (unpaired) electrons. The fraction of sp³-hybridized carbons (Fsp3) is 0.500. The van der Waals surface area contributed by atoms with Crippen LogP contribution in [0.2, 0.25) is 0 Å². The zero-order valence-electron chi connectivity index (χ0n) is 12.1. The van der Waals surface area contributed by atoms with E-state index in [1.54, 1.807) is 7.11 Å². The van der Waals surface area contributed by atoms with Gasteiger partial charge in [-0.25, -0.2) is 4.98 Å². The first kappa shape index (κ1) is 15.5. The molecule has 0 bridgehead atoms. The van der Waals surface area contributed by atoms with Crippen molar-refractivity contribution in [1.82, 2.24) is 30.4 Å². The average Bonchev–Trinajstić information content (AvgIpc) is 2.47. The molecular weight excluding hydrogens is 292 g/mol. The summed E-state index contributed by atoms with van der Waals surface area (Å²) in [4.78, 5) is 8.64. The molecule has 0 aromatic carbocycles. The Balaban J connectivity index is 2.15. The lowest BCUT2D eigenvalue weighted by atomic mass is 10.3. The van der Waals surface area contributed by atoms with E-state index >= 15 is 0 Å². The molecule has 112 valence electrons. The summed E-state index contributed by atoms with van der Waals surface area (Å²) in [7, 11) is 1.60. The molecule has 9 heteroatoms. The van der Waals surface area contributed by atoms with E-state index in [9.17, 15) is 0 Å². The van der Waals surface area contributed by atoms with Crippen LogP contribution in [0.25, 0.3) is 11.4 Å². The molecule has 0 unspecified atom stereocenters. The largest absolute Gasteiger partial charge is 0.460 e. The normalized spacial score (nSPS) is 10.9. The van der Waals surface area contributed by atoms with Crippen LogP contribution >= 0.6 is 11.8 Å². The first-order valence-electron chi connectivity index (χ1n) is 6.37. The first-order chi connectivity index (χ1) is 10.2. The first-order valence-corrected chi connectivity index (χ1v) is 7.25. The zero-order valence-corrected chi connectivity index (χ0v) is 12.9. The van der Waals surface area contributed by atoms with Gasteiger partial charge in [-0.15, -0.1) is 5.10 Å². The molecule has 2 aromatic rings. The van der Waals surface area contributed by atoms with Crippen molar-refractivity contribution in [2.75, 3.05) is 20.3 Å². The zero-order chi connectivity index (χ0) is 15.1. The van der Waals surface area contributed by atoms with E-state index in [0.717, 1.165) is 0 Å². The maximum atomic E-state index is 5.32. The van der Waals surface area contributed by atoms with Crippen LogP contribution < -0.4 is 4.74 Å². The quantitative estimate of drug-likeness (QED) is 0.553. The van der Waals surface area contributed by atoms with Crippen molar-refractivity contribution in [1.29, 1.82) is 0 Å². The molecule has 0 saturated carbocycles. The molecule has 21 heavy (non-hydrogen) atoms. The van der Waals surface area contributed by atoms with Gasteiger partial charge in [0.05, 0.1) is 19.0 Å². The van der Waals surface area contributed by atoms with Crippen LogP contribution in [0.5, 0.6) is 6.01 Å². The highest BCUT2D eigenvalue weighted by molar-refractivity contribution is 7.99. The predicted molar refractivity (Wildman–Crippen MR) is 77.0 cm³/mol. The summed E-state index contributed by atoms with van der Waals surface area (Å²) in [6.07, 6.45) is 3.05. The van der Waals surface area contributed by atoms with E-state index in [0.29, 0.717) is 35.0 Å². The molecule has 8 nitrogen and oxygen atoms in total. The van der Waals surface area contributed by atoms with E-state index in [1.807, 2.05) is 0 Å². The molecule has 0 N–H and O–H groups in total. The molecule has 2 heterocycles. The molecule has 0 aliphatic rings. The van der Waals surface area contributed by atoms with Crippen molar-refractivity contribution in [2.24, 2.45) is 0 Å². The molecule has 2 rings (SSSR count). The molecule has 0 aliphatic carbocycles. The van der Waals surface area contributed by atoms with Crippen LogP contribution in [0, 0.1) is 0 Å². The number of ether oxygens (including phenoxy) is 2. The van der Waals surface area contributed by atoms with Gasteiger partial charge < -0.3 is 9.47 Å². The van der Waals surface area contributed by atoms with E-state index in [1.165, 1.54) is 24.2 Å². The molecule has 0 fully saturated rings.